The zero-order valence-corrected chi connectivity index (χ0v) is 10.6. The van der Waals surface area contributed by atoms with Crippen molar-refractivity contribution in [3.8, 4) is 0 Å². The molecule has 1 heterocycles. The largest absolute Gasteiger partial charge is 0.317 e. The Labute approximate surface area is 94.4 Å². The van der Waals surface area contributed by atoms with Crippen molar-refractivity contribution in [3.63, 3.8) is 0 Å². The van der Waals surface area contributed by atoms with E-state index < -0.39 is 0 Å². The normalized spacial score (nSPS) is 35.4. The van der Waals surface area contributed by atoms with Crippen LogP contribution in [-0.2, 0) is 0 Å². The van der Waals surface area contributed by atoms with Crippen LogP contribution in [0.5, 0.6) is 0 Å². The first-order valence-electron chi connectivity index (χ1n) is 6.59. The molecule has 0 aromatic heterocycles. The summed E-state index contributed by atoms with van der Waals surface area (Å²) in [7, 11) is 2.10. The van der Waals surface area contributed by atoms with Crippen LogP contribution in [0.1, 0.15) is 39.5 Å². The number of nitrogens with one attached hydrogen (secondary N) is 1. The first kappa shape index (κ1) is 11.4. The average molecular weight is 210 g/mol. The second-order valence-corrected chi connectivity index (χ2v) is 5.75. The molecule has 2 heteroatoms. The van der Waals surface area contributed by atoms with Crippen LogP contribution >= 0.6 is 0 Å². The highest BCUT2D eigenvalue weighted by Crippen LogP contribution is 2.49. The minimum atomic E-state index is 0.728. The van der Waals surface area contributed by atoms with Crippen molar-refractivity contribution < 1.29 is 0 Å². The lowest BCUT2D eigenvalue weighted by molar-refractivity contribution is 0.125. The van der Waals surface area contributed by atoms with Gasteiger partial charge in [-0.3, -0.25) is 0 Å². The van der Waals surface area contributed by atoms with Crippen molar-refractivity contribution in [1.29, 1.82) is 0 Å². The fraction of sp³-hybridized carbons (Fsp3) is 1.00. The molecular formula is C13H26N2. The minimum absolute atomic E-state index is 0.728. The van der Waals surface area contributed by atoms with E-state index in [-0.39, 0.29) is 0 Å². The van der Waals surface area contributed by atoms with Crippen LogP contribution in [0.25, 0.3) is 0 Å². The lowest BCUT2D eigenvalue weighted by Crippen LogP contribution is -2.48. The zero-order chi connectivity index (χ0) is 10.9. The Hall–Kier alpha value is -0.0800. The molecule has 0 spiro atoms. The average Bonchev–Trinajstić information content (AvgIpc) is 2.99. The van der Waals surface area contributed by atoms with Crippen LogP contribution in [0.4, 0.5) is 0 Å². The topological polar surface area (TPSA) is 15.3 Å². The summed E-state index contributed by atoms with van der Waals surface area (Å²) < 4.78 is 0. The van der Waals surface area contributed by atoms with Gasteiger partial charge in [-0.2, -0.15) is 0 Å². The molecule has 0 radical (unpaired) electrons. The molecule has 1 aliphatic heterocycles. The number of likely N-dealkylation sites (tertiary alicyclic amines) is 1. The monoisotopic (exact) mass is 210 g/mol. The maximum Gasteiger partial charge on any atom is 0.0114 e. The van der Waals surface area contributed by atoms with E-state index in [1.165, 1.54) is 45.3 Å². The predicted octanol–water partition coefficient (Wildman–Crippen LogP) is 2.11. The van der Waals surface area contributed by atoms with E-state index in [1.54, 1.807) is 0 Å². The molecule has 2 aliphatic rings. The summed E-state index contributed by atoms with van der Waals surface area (Å²) in [6.07, 6.45) is 5.67. The van der Waals surface area contributed by atoms with Gasteiger partial charge in [0.1, 0.15) is 0 Å². The number of piperidine rings is 1. The summed E-state index contributed by atoms with van der Waals surface area (Å²) in [4.78, 5) is 2.70. The van der Waals surface area contributed by atoms with Gasteiger partial charge in [0.15, 0.2) is 0 Å². The third-order valence-electron chi connectivity index (χ3n) is 4.63. The van der Waals surface area contributed by atoms with Crippen LogP contribution in [0.2, 0.25) is 0 Å². The van der Waals surface area contributed by atoms with Crippen molar-refractivity contribution in [3.05, 3.63) is 0 Å². The summed E-state index contributed by atoms with van der Waals surface area (Å²) in [6.45, 7) is 8.71. The number of nitrogens with zero attached hydrogens (tertiary/aromatic N) is 1. The van der Waals surface area contributed by atoms with Gasteiger partial charge in [0.25, 0.3) is 0 Å². The molecule has 0 aromatic rings. The van der Waals surface area contributed by atoms with E-state index in [0.717, 1.165) is 17.4 Å². The zero-order valence-electron chi connectivity index (χ0n) is 10.6. The standard InChI is InChI=1S/C13H26N2/c1-4-13(6-7-13)10-15-8-5-12(14-3)11(2)9-15/h11-12,14H,4-10H2,1-3H3. The highest BCUT2D eigenvalue weighted by Gasteiger charge is 2.42. The molecule has 2 nitrogen and oxygen atoms in total. The molecule has 1 aliphatic carbocycles. The van der Waals surface area contributed by atoms with Gasteiger partial charge < -0.3 is 10.2 Å². The van der Waals surface area contributed by atoms with Crippen LogP contribution < -0.4 is 5.32 Å². The Morgan fingerprint density at radius 1 is 1.40 bits per heavy atom. The summed E-state index contributed by atoms with van der Waals surface area (Å²) in [5.74, 6) is 0.816. The fourth-order valence-corrected chi connectivity index (χ4v) is 3.08. The second kappa shape index (κ2) is 4.42. The third-order valence-corrected chi connectivity index (χ3v) is 4.63. The number of hydrogen-bond acceptors (Lipinski definition) is 2. The minimum Gasteiger partial charge on any atom is -0.317 e. The van der Waals surface area contributed by atoms with Gasteiger partial charge in [0.2, 0.25) is 0 Å². The van der Waals surface area contributed by atoms with Gasteiger partial charge in [-0.1, -0.05) is 13.8 Å². The quantitative estimate of drug-likeness (QED) is 0.764. The summed E-state index contributed by atoms with van der Waals surface area (Å²) in [5.41, 5.74) is 0.728. The Morgan fingerprint density at radius 2 is 2.13 bits per heavy atom. The van der Waals surface area contributed by atoms with Gasteiger partial charge in [-0.05, 0) is 50.6 Å². The van der Waals surface area contributed by atoms with Crippen LogP contribution in [0.15, 0.2) is 0 Å². The van der Waals surface area contributed by atoms with Crippen molar-refractivity contribution in [2.24, 2.45) is 11.3 Å². The molecule has 2 fully saturated rings. The first-order chi connectivity index (χ1) is 7.19. The Bertz CT molecular complexity index is 211. The predicted molar refractivity (Wildman–Crippen MR) is 65.0 cm³/mol. The van der Waals surface area contributed by atoms with E-state index in [9.17, 15) is 0 Å². The molecule has 2 rings (SSSR count). The highest BCUT2D eigenvalue weighted by atomic mass is 15.2. The van der Waals surface area contributed by atoms with Crippen molar-refractivity contribution >= 4 is 0 Å². The maximum absolute atomic E-state index is 3.44. The molecule has 15 heavy (non-hydrogen) atoms. The van der Waals surface area contributed by atoms with E-state index in [2.05, 4.69) is 31.1 Å². The molecule has 0 amide bonds. The molecule has 0 bridgehead atoms. The molecule has 2 unspecified atom stereocenters. The smallest absolute Gasteiger partial charge is 0.0114 e. The fourth-order valence-electron chi connectivity index (χ4n) is 3.08. The first-order valence-corrected chi connectivity index (χ1v) is 6.59. The molecule has 88 valence electrons. The molecule has 1 N–H and O–H groups in total. The van der Waals surface area contributed by atoms with Gasteiger partial charge >= 0.3 is 0 Å². The third kappa shape index (κ3) is 2.54. The highest BCUT2D eigenvalue weighted by molar-refractivity contribution is 4.95. The van der Waals surface area contributed by atoms with Crippen molar-refractivity contribution in [2.45, 2.75) is 45.6 Å². The van der Waals surface area contributed by atoms with Gasteiger partial charge in [0, 0.05) is 19.1 Å². The van der Waals surface area contributed by atoms with Crippen molar-refractivity contribution in [2.75, 3.05) is 26.7 Å². The molecule has 0 aromatic carbocycles. The van der Waals surface area contributed by atoms with Crippen LogP contribution in [0, 0.1) is 11.3 Å². The van der Waals surface area contributed by atoms with E-state index in [0.29, 0.717) is 0 Å². The SMILES string of the molecule is CCC1(CN2CCC(NC)C(C)C2)CC1. The Balaban J connectivity index is 1.81. The van der Waals surface area contributed by atoms with E-state index in [4.69, 9.17) is 0 Å². The molecule has 1 saturated heterocycles. The Morgan fingerprint density at radius 3 is 2.60 bits per heavy atom. The second-order valence-electron chi connectivity index (χ2n) is 5.75. The summed E-state index contributed by atoms with van der Waals surface area (Å²) >= 11 is 0. The molecule has 1 saturated carbocycles. The molecule has 2 atom stereocenters. The maximum atomic E-state index is 3.44. The summed E-state index contributed by atoms with van der Waals surface area (Å²) in [5, 5.41) is 3.44. The number of rotatable bonds is 4. The molecular weight excluding hydrogens is 184 g/mol. The number of hydrogen-bond donors (Lipinski definition) is 1. The lowest BCUT2D eigenvalue weighted by Gasteiger charge is -2.38. The van der Waals surface area contributed by atoms with E-state index in [1.807, 2.05) is 0 Å². The lowest BCUT2D eigenvalue weighted by atomic mass is 9.92. The van der Waals surface area contributed by atoms with Crippen molar-refractivity contribution in [1.82, 2.24) is 10.2 Å². The Kier molecular flexibility index (Phi) is 3.36. The van der Waals surface area contributed by atoms with Gasteiger partial charge in [0.05, 0.1) is 0 Å². The van der Waals surface area contributed by atoms with Gasteiger partial charge in [-0.25, -0.2) is 0 Å². The van der Waals surface area contributed by atoms with Gasteiger partial charge in [-0.15, -0.1) is 0 Å². The van der Waals surface area contributed by atoms with Crippen LogP contribution in [-0.4, -0.2) is 37.6 Å². The van der Waals surface area contributed by atoms with Crippen LogP contribution in [0.3, 0.4) is 0 Å². The summed E-state index contributed by atoms with van der Waals surface area (Å²) in [6, 6.07) is 0.748. The van der Waals surface area contributed by atoms with E-state index >= 15 is 0 Å².